The molecular formula is C20H23ClN2O2S. The molecule has 0 bridgehead atoms. The maximum Gasteiger partial charge on any atom is 0.257 e. The van der Waals surface area contributed by atoms with Gasteiger partial charge in [0.25, 0.3) is 5.91 Å². The standard InChI is InChI=1S/C20H23ClN2O2S/c1-2-3-4-5-13-25-18-8-6-7-17(14-18)22-20(26)23-19(24)15-9-11-16(21)12-10-15/h6-12,14H,2-5,13H2,1H3,(H2,22,23,24,26). The predicted octanol–water partition coefficient (Wildman–Crippen LogP) is 5.43. The van der Waals surface area contributed by atoms with Crippen molar-refractivity contribution in [2.45, 2.75) is 32.6 Å². The monoisotopic (exact) mass is 390 g/mol. The number of thiocarbonyl (C=S) groups is 1. The molecule has 0 aliphatic carbocycles. The lowest BCUT2D eigenvalue weighted by molar-refractivity contribution is 0.0978. The van der Waals surface area contributed by atoms with Gasteiger partial charge >= 0.3 is 0 Å². The topological polar surface area (TPSA) is 50.4 Å². The molecule has 0 aromatic heterocycles. The largest absolute Gasteiger partial charge is 0.494 e. The van der Waals surface area contributed by atoms with E-state index in [0.717, 1.165) is 17.9 Å². The number of carbonyl (C=O) groups excluding carboxylic acids is 1. The summed E-state index contributed by atoms with van der Waals surface area (Å²) in [4.78, 5) is 12.1. The van der Waals surface area contributed by atoms with Gasteiger partial charge in [0.1, 0.15) is 5.75 Å². The number of halogens is 1. The zero-order chi connectivity index (χ0) is 18.8. The van der Waals surface area contributed by atoms with Crippen LogP contribution in [0.25, 0.3) is 0 Å². The zero-order valence-electron chi connectivity index (χ0n) is 14.8. The van der Waals surface area contributed by atoms with Crippen LogP contribution < -0.4 is 15.4 Å². The van der Waals surface area contributed by atoms with E-state index in [0.29, 0.717) is 17.2 Å². The number of amides is 1. The summed E-state index contributed by atoms with van der Waals surface area (Å²) < 4.78 is 5.75. The van der Waals surface area contributed by atoms with Crippen LogP contribution in [0.4, 0.5) is 5.69 Å². The summed E-state index contributed by atoms with van der Waals surface area (Å²) in [6, 6.07) is 14.1. The molecule has 0 spiro atoms. The molecule has 0 heterocycles. The van der Waals surface area contributed by atoms with Crippen LogP contribution in [0.3, 0.4) is 0 Å². The van der Waals surface area contributed by atoms with Gasteiger partial charge in [0.15, 0.2) is 5.11 Å². The van der Waals surface area contributed by atoms with E-state index in [1.807, 2.05) is 24.3 Å². The first-order valence-electron chi connectivity index (χ1n) is 8.69. The molecule has 2 rings (SSSR count). The Labute approximate surface area is 164 Å². The average Bonchev–Trinajstić information content (AvgIpc) is 2.62. The minimum Gasteiger partial charge on any atom is -0.494 e. The molecule has 0 saturated carbocycles. The Morgan fingerprint density at radius 1 is 1.12 bits per heavy atom. The van der Waals surface area contributed by atoms with E-state index in [9.17, 15) is 4.79 Å². The molecule has 2 aromatic rings. The molecule has 4 nitrogen and oxygen atoms in total. The van der Waals surface area contributed by atoms with Gasteiger partial charge in [-0.15, -0.1) is 0 Å². The minimum atomic E-state index is -0.289. The second-order valence-corrected chi connectivity index (χ2v) is 6.70. The third kappa shape index (κ3) is 7.02. The van der Waals surface area contributed by atoms with Crippen molar-refractivity contribution in [2.75, 3.05) is 11.9 Å². The van der Waals surface area contributed by atoms with Gasteiger partial charge in [-0.2, -0.15) is 0 Å². The van der Waals surface area contributed by atoms with Gasteiger partial charge in [-0.25, -0.2) is 0 Å². The highest BCUT2D eigenvalue weighted by Gasteiger charge is 2.08. The van der Waals surface area contributed by atoms with Crippen molar-refractivity contribution in [1.82, 2.24) is 5.32 Å². The smallest absolute Gasteiger partial charge is 0.257 e. The van der Waals surface area contributed by atoms with Gasteiger partial charge in [0, 0.05) is 22.3 Å². The Balaban J connectivity index is 1.83. The van der Waals surface area contributed by atoms with Crippen LogP contribution in [0.2, 0.25) is 5.02 Å². The molecule has 2 N–H and O–H groups in total. The average molecular weight is 391 g/mol. The first kappa shape index (κ1) is 20.2. The summed E-state index contributed by atoms with van der Waals surface area (Å²) in [5.74, 6) is 0.487. The molecule has 0 atom stereocenters. The molecule has 0 aliphatic rings. The van der Waals surface area contributed by atoms with Crippen LogP contribution >= 0.6 is 23.8 Å². The number of carbonyl (C=O) groups is 1. The summed E-state index contributed by atoms with van der Waals surface area (Å²) in [7, 11) is 0. The van der Waals surface area contributed by atoms with Gasteiger partial charge in [-0.05, 0) is 55.0 Å². The van der Waals surface area contributed by atoms with Crippen LogP contribution in [-0.4, -0.2) is 17.6 Å². The third-order valence-electron chi connectivity index (χ3n) is 3.69. The lowest BCUT2D eigenvalue weighted by Gasteiger charge is -2.11. The Bertz CT molecular complexity index is 735. The van der Waals surface area contributed by atoms with Crippen LogP contribution in [0, 0.1) is 0 Å². The van der Waals surface area contributed by atoms with E-state index < -0.39 is 0 Å². The molecule has 138 valence electrons. The highest BCUT2D eigenvalue weighted by Crippen LogP contribution is 2.18. The summed E-state index contributed by atoms with van der Waals surface area (Å²) in [5, 5.41) is 6.45. The summed E-state index contributed by atoms with van der Waals surface area (Å²) in [6.45, 7) is 2.88. The molecule has 1 amide bonds. The van der Waals surface area contributed by atoms with Crippen LogP contribution in [0.15, 0.2) is 48.5 Å². The van der Waals surface area contributed by atoms with Gasteiger partial charge in [-0.1, -0.05) is 43.9 Å². The summed E-state index contributed by atoms with van der Waals surface area (Å²) in [6.07, 6.45) is 4.65. The highest BCUT2D eigenvalue weighted by molar-refractivity contribution is 7.80. The number of nitrogens with one attached hydrogen (secondary N) is 2. The zero-order valence-corrected chi connectivity index (χ0v) is 16.3. The maximum atomic E-state index is 12.1. The fourth-order valence-electron chi connectivity index (χ4n) is 2.32. The van der Waals surface area contributed by atoms with E-state index in [-0.39, 0.29) is 11.0 Å². The molecule has 0 radical (unpaired) electrons. The third-order valence-corrected chi connectivity index (χ3v) is 4.15. The second kappa shape index (κ2) is 10.8. The molecule has 0 saturated heterocycles. The van der Waals surface area contributed by atoms with Crippen molar-refractivity contribution in [3.05, 3.63) is 59.1 Å². The molecule has 26 heavy (non-hydrogen) atoms. The van der Waals surface area contributed by atoms with Gasteiger partial charge in [0.05, 0.1) is 6.61 Å². The van der Waals surface area contributed by atoms with E-state index >= 15 is 0 Å². The normalized spacial score (nSPS) is 10.2. The summed E-state index contributed by atoms with van der Waals surface area (Å²) in [5.41, 5.74) is 1.25. The van der Waals surface area contributed by atoms with Crippen molar-refractivity contribution in [1.29, 1.82) is 0 Å². The summed E-state index contributed by atoms with van der Waals surface area (Å²) >= 11 is 11.0. The van der Waals surface area contributed by atoms with Crippen LogP contribution in [-0.2, 0) is 0 Å². The number of hydrogen-bond acceptors (Lipinski definition) is 3. The van der Waals surface area contributed by atoms with Crippen molar-refractivity contribution in [3.8, 4) is 5.75 Å². The second-order valence-electron chi connectivity index (χ2n) is 5.85. The first-order chi connectivity index (χ1) is 12.6. The van der Waals surface area contributed by atoms with E-state index in [1.165, 1.54) is 19.3 Å². The van der Waals surface area contributed by atoms with E-state index in [1.54, 1.807) is 24.3 Å². The number of ether oxygens (including phenoxy) is 1. The van der Waals surface area contributed by atoms with Crippen molar-refractivity contribution < 1.29 is 9.53 Å². The van der Waals surface area contributed by atoms with Gasteiger partial charge in [-0.3, -0.25) is 10.1 Å². The quantitative estimate of drug-likeness (QED) is 0.466. The predicted molar refractivity (Wildman–Crippen MR) is 111 cm³/mol. The van der Waals surface area contributed by atoms with E-state index in [4.69, 9.17) is 28.6 Å². The van der Waals surface area contributed by atoms with Crippen LogP contribution in [0.1, 0.15) is 43.0 Å². The molecule has 2 aromatic carbocycles. The number of rotatable bonds is 8. The molecule has 0 unspecified atom stereocenters. The SMILES string of the molecule is CCCCCCOc1cccc(NC(=S)NC(=O)c2ccc(Cl)cc2)c1. The Hall–Kier alpha value is -2.11. The first-order valence-corrected chi connectivity index (χ1v) is 9.48. The van der Waals surface area contributed by atoms with Gasteiger partial charge in [0.2, 0.25) is 0 Å². The number of unbranched alkanes of at least 4 members (excludes halogenated alkanes) is 3. The molecular weight excluding hydrogens is 368 g/mol. The lowest BCUT2D eigenvalue weighted by atomic mass is 10.2. The minimum absolute atomic E-state index is 0.227. The van der Waals surface area contributed by atoms with Gasteiger partial charge < -0.3 is 10.1 Å². The van der Waals surface area contributed by atoms with Crippen LogP contribution in [0.5, 0.6) is 5.75 Å². The number of anilines is 1. The van der Waals surface area contributed by atoms with E-state index in [2.05, 4.69) is 17.6 Å². The number of benzene rings is 2. The lowest BCUT2D eigenvalue weighted by Crippen LogP contribution is -2.34. The molecule has 0 aliphatic heterocycles. The van der Waals surface area contributed by atoms with Crippen molar-refractivity contribution in [3.63, 3.8) is 0 Å². The Kier molecular flexibility index (Phi) is 8.38. The fraction of sp³-hybridized carbons (Fsp3) is 0.300. The van der Waals surface area contributed by atoms with Crippen molar-refractivity contribution >= 4 is 40.5 Å². The Morgan fingerprint density at radius 3 is 2.62 bits per heavy atom. The fourth-order valence-corrected chi connectivity index (χ4v) is 2.66. The molecule has 0 fully saturated rings. The number of hydrogen-bond donors (Lipinski definition) is 2. The Morgan fingerprint density at radius 2 is 1.88 bits per heavy atom. The van der Waals surface area contributed by atoms with Crippen molar-refractivity contribution in [2.24, 2.45) is 0 Å². The maximum absolute atomic E-state index is 12.1. The molecule has 6 heteroatoms. The highest BCUT2D eigenvalue weighted by atomic mass is 35.5.